The maximum Gasteiger partial charge on any atom is 0.433 e. The summed E-state index contributed by atoms with van der Waals surface area (Å²) in [7, 11) is 0. The van der Waals surface area contributed by atoms with Crippen LogP contribution < -0.4 is 5.73 Å². The van der Waals surface area contributed by atoms with Gasteiger partial charge in [0.2, 0.25) is 0 Å². The van der Waals surface area contributed by atoms with E-state index in [1.807, 2.05) is 4.90 Å². The first kappa shape index (κ1) is 12.7. The van der Waals surface area contributed by atoms with Gasteiger partial charge in [-0.3, -0.25) is 0 Å². The third kappa shape index (κ3) is 2.91. The van der Waals surface area contributed by atoms with Crippen molar-refractivity contribution in [3.63, 3.8) is 0 Å². The second-order valence-electron chi connectivity index (χ2n) is 4.03. The number of alkyl halides is 3. The van der Waals surface area contributed by atoms with Crippen LogP contribution in [0, 0.1) is 0 Å². The molecule has 1 aliphatic heterocycles. The van der Waals surface area contributed by atoms with Crippen molar-refractivity contribution in [1.29, 1.82) is 0 Å². The molecule has 18 heavy (non-hydrogen) atoms. The van der Waals surface area contributed by atoms with Crippen LogP contribution >= 0.6 is 0 Å². The molecule has 0 saturated carbocycles. The quantitative estimate of drug-likeness (QED) is 0.648. The highest BCUT2D eigenvalue weighted by Gasteiger charge is 2.32. The first-order valence-corrected chi connectivity index (χ1v) is 5.55. The van der Waals surface area contributed by atoms with Gasteiger partial charge in [0.1, 0.15) is 5.69 Å². The van der Waals surface area contributed by atoms with Gasteiger partial charge >= 0.3 is 6.18 Å². The summed E-state index contributed by atoms with van der Waals surface area (Å²) >= 11 is 0. The molecule has 0 spiro atoms. The predicted octanol–water partition coefficient (Wildman–Crippen LogP) is 1.62. The van der Waals surface area contributed by atoms with E-state index in [1.54, 1.807) is 0 Å². The van der Waals surface area contributed by atoms with E-state index < -0.39 is 11.9 Å². The summed E-state index contributed by atoms with van der Waals surface area (Å²) in [5.74, 6) is 0.362. The molecule has 0 unspecified atom stereocenters. The van der Waals surface area contributed by atoms with Crippen LogP contribution in [-0.2, 0) is 12.7 Å². The lowest BCUT2D eigenvalue weighted by atomic mass is 10.2. The molecule has 0 bridgehead atoms. The lowest BCUT2D eigenvalue weighted by molar-refractivity contribution is -0.141. The molecule has 2 heterocycles. The molecule has 2 N–H and O–H groups in total. The van der Waals surface area contributed by atoms with Crippen LogP contribution in [0.15, 0.2) is 23.2 Å². The standard InChI is InChI=1S/C11H13F3N4/c12-11(13,14)9-4-1-3-8(17-9)7-16-10(15)18-5-2-6-18/h1,3-4H,2,5-7H2,(H2,15,16). The SMILES string of the molecule is NC(=NCc1cccc(C(F)(F)F)n1)N1CCC1. The van der Waals surface area contributed by atoms with Crippen molar-refractivity contribution in [2.24, 2.45) is 10.7 Å². The molecule has 1 aromatic heterocycles. The minimum absolute atomic E-state index is 0.0618. The lowest BCUT2D eigenvalue weighted by Gasteiger charge is -2.31. The Hall–Kier alpha value is -1.79. The average molecular weight is 258 g/mol. The topological polar surface area (TPSA) is 54.5 Å². The highest BCUT2D eigenvalue weighted by Crippen LogP contribution is 2.27. The minimum Gasteiger partial charge on any atom is -0.370 e. The highest BCUT2D eigenvalue weighted by molar-refractivity contribution is 5.78. The van der Waals surface area contributed by atoms with E-state index in [1.165, 1.54) is 12.1 Å². The van der Waals surface area contributed by atoms with E-state index in [9.17, 15) is 13.2 Å². The second kappa shape index (κ2) is 4.83. The molecule has 0 atom stereocenters. The third-order valence-electron chi connectivity index (χ3n) is 2.68. The van der Waals surface area contributed by atoms with E-state index in [2.05, 4.69) is 9.98 Å². The fourth-order valence-corrected chi connectivity index (χ4v) is 1.53. The number of aromatic nitrogens is 1. The maximum atomic E-state index is 12.4. The summed E-state index contributed by atoms with van der Waals surface area (Å²) in [6.07, 6.45) is -3.36. The van der Waals surface area contributed by atoms with Gasteiger partial charge in [0.15, 0.2) is 5.96 Å². The summed E-state index contributed by atoms with van der Waals surface area (Å²) in [6.45, 7) is 1.77. The van der Waals surface area contributed by atoms with E-state index in [0.717, 1.165) is 25.6 Å². The van der Waals surface area contributed by atoms with Gasteiger partial charge in [0, 0.05) is 13.1 Å². The van der Waals surface area contributed by atoms with Gasteiger partial charge < -0.3 is 10.6 Å². The van der Waals surface area contributed by atoms with Crippen molar-refractivity contribution in [3.05, 3.63) is 29.6 Å². The molecule has 2 rings (SSSR count). The molecule has 0 aliphatic carbocycles. The zero-order valence-electron chi connectivity index (χ0n) is 9.61. The van der Waals surface area contributed by atoms with Crippen LogP contribution in [0.25, 0.3) is 0 Å². The molecular formula is C11H13F3N4. The van der Waals surface area contributed by atoms with Gasteiger partial charge in [-0.15, -0.1) is 0 Å². The van der Waals surface area contributed by atoms with Crippen molar-refractivity contribution in [2.45, 2.75) is 19.1 Å². The molecule has 7 heteroatoms. The number of hydrogen-bond donors (Lipinski definition) is 1. The number of nitrogens with zero attached hydrogens (tertiary/aromatic N) is 3. The Kier molecular flexibility index (Phi) is 3.40. The van der Waals surface area contributed by atoms with Crippen LogP contribution in [0.1, 0.15) is 17.8 Å². The Morgan fingerprint density at radius 1 is 1.39 bits per heavy atom. The molecule has 1 aromatic rings. The first-order valence-electron chi connectivity index (χ1n) is 5.55. The maximum absolute atomic E-state index is 12.4. The number of halogens is 3. The Morgan fingerprint density at radius 2 is 2.11 bits per heavy atom. The van der Waals surface area contributed by atoms with Crippen molar-refractivity contribution in [1.82, 2.24) is 9.88 Å². The van der Waals surface area contributed by atoms with E-state index in [-0.39, 0.29) is 12.2 Å². The Labute approximate surface area is 102 Å². The minimum atomic E-state index is -4.43. The summed E-state index contributed by atoms with van der Waals surface area (Å²) in [6, 6.07) is 3.76. The van der Waals surface area contributed by atoms with Gasteiger partial charge in [0.25, 0.3) is 0 Å². The molecule has 0 aromatic carbocycles. The number of guanidine groups is 1. The molecule has 0 amide bonds. The predicted molar refractivity (Wildman–Crippen MR) is 60.8 cm³/mol. The Morgan fingerprint density at radius 3 is 2.67 bits per heavy atom. The number of rotatable bonds is 2. The van der Waals surface area contributed by atoms with Crippen LogP contribution in [-0.4, -0.2) is 28.9 Å². The molecule has 1 aliphatic rings. The molecular weight excluding hydrogens is 245 g/mol. The fourth-order valence-electron chi connectivity index (χ4n) is 1.53. The van der Waals surface area contributed by atoms with E-state index >= 15 is 0 Å². The van der Waals surface area contributed by atoms with Crippen molar-refractivity contribution in [2.75, 3.05) is 13.1 Å². The van der Waals surface area contributed by atoms with Gasteiger partial charge in [-0.1, -0.05) is 6.07 Å². The molecule has 4 nitrogen and oxygen atoms in total. The van der Waals surface area contributed by atoms with E-state index in [0.29, 0.717) is 5.96 Å². The van der Waals surface area contributed by atoms with Crippen molar-refractivity contribution < 1.29 is 13.2 Å². The van der Waals surface area contributed by atoms with Gasteiger partial charge in [-0.25, -0.2) is 9.98 Å². The highest BCUT2D eigenvalue weighted by atomic mass is 19.4. The van der Waals surface area contributed by atoms with Crippen LogP contribution in [0.5, 0.6) is 0 Å². The van der Waals surface area contributed by atoms with Crippen LogP contribution in [0.4, 0.5) is 13.2 Å². The molecule has 1 fully saturated rings. The van der Waals surface area contributed by atoms with Crippen molar-refractivity contribution >= 4 is 5.96 Å². The van der Waals surface area contributed by atoms with E-state index in [4.69, 9.17) is 5.73 Å². The lowest BCUT2D eigenvalue weighted by Crippen LogP contribution is -2.46. The third-order valence-corrected chi connectivity index (χ3v) is 2.68. The second-order valence-corrected chi connectivity index (χ2v) is 4.03. The normalized spacial score (nSPS) is 16.6. The van der Waals surface area contributed by atoms with Crippen LogP contribution in [0.3, 0.4) is 0 Å². The fraction of sp³-hybridized carbons (Fsp3) is 0.455. The molecule has 0 radical (unpaired) electrons. The largest absolute Gasteiger partial charge is 0.433 e. The summed E-state index contributed by atoms with van der Waals surface area (Å²) in [4.78, 5) is 9.41. The van der Waals surface area contributed by atoms with Crippen molar-refractivity contribution in [3.8, 4) is 0 Å². The van der Waals surface area contributed by atoms with Gasteiger partial charge in [0.05, 0.1) is 12.2 Å². The number of pyridine rings is 1. The van der Waals surface area contributed by atoms with Gasteiger partial charge in [-0.05, 0) is 18.6 Å². The average Bonchev–Trinajstić information content (AvgIpc) is 2.23. The summed E-state index contributed by atoms with van der Waals surface area (Å²) < 4.78 is 37.3. The summed E-state index contributed by atoms with van der Waals surface area (Å²) in [5.41, 5.74) is 5.03. The Bertz CT molecular complexity index is 452. The zero-order chi connectivity index (χ0) is 13.2. The monoisotopic (exact) mass is 258 g/mol. The van der Waals surface area contributed by atoms with Gasteiger partial charge in [-0.2, -0.15) is 13.2 Å². The number of aliphatic imine (C=N–C) groups is 1. The smallest absolute Gasteiger partial charge is 0.370 e. The number of likely N-dealkylation sites (tertiary alicyclic amines) is 1. The number of hydrogen-bond acceptors (Lipinski definition) is 2. The Balaban J connectivity index is 2.05. The molecule has 1 saturated heterocycles. The van der Waals surface area contributed by atoms with Crippen LogP contribution in [0.2, 0.25) is 0 Å². The summed E-state index contributed by atoms with van der Waals surface area (Å²) in [5, 5.41) is 0. The first-order chi connectivity index (χ1) is 8.47. The molecule has 98 valence electrons. The zero-order valence-corrected chi connectivity index (χ0v) is 9.61. The number of nitrogens with two attached hydrogens (primary N) is 1.